The number of halogens is 1. The van der Waals surface area contributed by atoms with Crippen molar-refractivity contribution in [3.63, 3.8) is 0 Å². The third kappa shape index (κ3) is 5.05. The van der Waals surface area contributed by atoms with E-state index in [1.54, 1.807) is 36.7 Å². The highest BCUT2D eigenvalue weighted by Crippen LogP contribution is 2.25. The molecular formula is C20H16ClN3O3. The molecule has 6 nitrogen and oxygen atoms in total. The molecule has 1 heterocycles. The summed E-state index contributed by atoms with van der Waals surface area (Å²) in [5, 5.41) is 4.05. The van der Waals surface area contributed by atoms with Gasteiger partial charge in [0.15, 0.2) is 5.84 Å². The molecular weight excluding hydrogens is 366 g/mol. The van der Waals surface area contributed by atoms with Crippen molar-refractivity contribution in [1.82, 2.24) is 4.98 Å². The molecule has 0 unspecified atom stereocenters. The van der Waals surface area contributed by atoms with E-state index >= 15 is 0 Å². The van der Waals surface area contributed by atoms with Crippen molar-refractivity contribution < 1.29 is 14.4 Å². The van der Waals surface area contributed by atoms with Crippen LogP contribution in [0.1, 0.15) is 21.5 Å². The normalized spacial score (nSPS) is 11.1. The monoisotopic (exact) mass is 381 g/mol. The van der Waals surface area contributed by atoms with E-state index in [4.69, 9.17) is 26.9 Å². The average Bonchev–Trinajstić information content (AvgIpc) is 2.72. The van der Waals surface area contributed by atoms with Crippen molar-refractivity contribution in [2.24, 2.45) is 10.9 Å². The highest BCUT2D eigenvalue weighted by Gasteiger charge is 2.16. The van der Waals surface area contributed by atoms with Crippen molar-refractivity contribution in [3.05, 3.63) is 94.8 Å². The van der Waals surface area contributed by atoms with E-state index in [1.807, 2.05) is 30.3 Å². The van der Waals surface area contributed by atoms with Gasteiger partial charge >= 0.3 is 5.97 Å². The van der Waals surface area contributed by atoms with Crippen LogP contribution >= 0.6 is 11.6 Å². The predicted molar refractivity (Wildman–Crippen MR) is 103 cm³/mol. The molecule has 0 saturated carbocycles. The number of ether oxygens (including phenoxy) is 1. The highest BCUT2D eigenvalue weighted by molar-refractivity contribution is 6.31. The molecule has 0 spiro atoms. The Bertz CT molecular complexity index is 947. The zero-order valence-corrected chi connectivity index (χ0v) is 15.0. The van der Waals surface area contributed by atoms with Gasteiger partial charge in [0.05, 0.1) is 0 Å². The van der Waals surface area contributed by atoms with Gasteiger partial charge in [-0.05, 0) is 35.9 Å². The van der Waals surface area contributed by atoms with Crippen LogP contribution in [0.5, 0.6) is 5.75 Å². The summed E-state index contributed by atoms with van der Waals surface area (Å²) in [6.07, 6.45) is 3.12. The Morgan fingerprint density at radius 3 is 2.56 bits per heavy atom. The van der Waals surface area contributed by atoms with Crippen LogP contribution in [0.2, 0.25) is 5.02 Å². The van der Waals surface area contributed by atoms with E-state index in [9.17, 15) is 4.79 Å². The maximum Gasteiger partial charge on any atom is 0.369 e. The van der Waals surface area contributed by atoms with E-state index in [-0.39, 0.29) is 11.4 Å². The summed E-state index contributed by atoms with van der Waals surface area (Å²) in [5.74, 6) is -0.331. The zero-order valence-electron chi connectivity index (χ0n) is 14.2. The molecule has 2 aromatic carbocycles. The minimum absolute atomic E-state index is 0.0551. The summed E-state index contributed by atoms with van der Waals surface area (Å²) >= 11 is 6.01. The van der Waals surface area contributed by atoms with Gasteiger partial charge in [0.2, 0.25) is 0 Å². The molecule has 0 atom stereocenters. The highest BCUT2D eigenvalue weighted by atomic mass is 35.5. The molecule has 2 N–H and O–H groups in total. The maximum absolute atomic E-state index is 12.4. The Morgan fingerprint density at radius 1 is 1.07 bits per heavy atom. The zero-order chi connectivity index (χ0) is 19.1. The second kappa shape index (κ2) is 8.82. The fraction of sp³-hybridized carbons (Fsp3) is 0.0500. The Kier molecular flexibility index (Phi) is 6.02. The van der Waals surface area contributed by atoms with Crippen LogP contribution < -0.4 is 10.5 Å². The molecule has 136 valence electrons. The van der Waals surface area contributed by atoms with Crippen LogP contribution in [-0.2, 0) is 11.4 Å². The van der Waals surface area contributed by atoms with Crippen LogP contribution in [0, 0.1) is 0 Å². The van der Waals surface area contributed by atoms with Gasteiger partial charge in [0.1, 0.15) is 17.9 Å². The van der Waals surface area contributed by atoms with Gasteiger partial charge in [-0.3, -0.25) is 4.98 Å². The largest absolute Gasteiger partial charge is 0.488 e. The standard InChI is InChI=1S/C20H16ClN3O3/c21-16-6-7-18(26-13-14-4-2-1-3-5-14)17(12-16)20(25)27-24-19(22)15-8-10-23-11-9-15/h1-12H,13H2,(H2,22,24). The molecule has 7 heteroatoms. The topological polar surface area (TPSA) is 86.8 Å². The maximum atomic E-state index is 12.4. The van der Waals surface area contributed by atoms with E-state index in [1.165, 1.54) is 6.07 Å². The van der Waals surface area contributed by atoms with Crippen molar-refractivity contribution in [2.75, 3.05) is 0 Å². The summed E-state index contributed by atoms with van der Waals surface area (Å²) in [6, 6.07) is 17.6. The van der Waals surface area contributed by atoms with Gasteiger partial charge in [-0.1, -0.05) is 47.1 Å². The lowest BCUT2D eigenvalue weighted by atomic mass is 10.2. The number of benzene rings is 2. The number of hydrogen-bond acceptors (Lipinski definition) is 5. The fourth-order valence-corrected chi connectivity index (χ4v) is 2.41. The number of hydrogen-bond donors (Lipinski definition) is 1. The number of aromatic nitrogens is 1. The number of oxime groups is 1. The van der Waals surface area contributed by atoms with Gasteiger partial charge in [-0.15, -0.1) is 0 Å². The van der Waals surface area contributed by atoms with Gasteiger partial charge in [0, 0.05) is 23.0 Å². The second-order valence-corrected chi connectivity index (χ2v) is 5.94. The van der Waals surface area contributed by atoms with Gasteiger partial charge < -0.3 is 15.3 Å². The summed E-state index contributed by atoms with van der Waals surface area (Å²) in [5.41, 5.74) is 7.52. The van der Waals surface area contributed by atoms with Crippen molar-refractivity contribution >= 4 is 23.4 Å². The number of carbonyl (C=O) groups is 1. The van der Waals surface area contributed by atoms with Crippen LogP contribution in [0.15, 0.2) is 78.2 Å². The number of amidine groups is 1. The molecule has 3 rings (SSSR count). The third-order valence-corrected chi connectivity index (χ3v) is 3.84. The SMILES string of the molecule is N/C(=N/OC(=O)c1cc(Cl)ccc1OCc1ccccc1)c1ccncc1. The van der Waals surface area contributed by atoms with Crippen LogP contribution in [0.3, 0.4) is 0 Å². The molecule has 27 heavy (non-hydrogen) atoms. The summed E-state index contributed by atoms with van der Waals surface area (Å²) < 4.78 is 5.74. The molecule has 0 aliphatic heterocycles. The smallest absolute Gasteiger partial charge is 0.369 e. The summed E-state index contributed by atoms with van der Waals surface area (Å²) in [4.78, 5) is 21.3. The molecule has 0 aliphatic rings. The third-order valence-electron chi connectivity index (χ3n) is 3.60. The predicted octanol–water partition coefficient (Wildman–Crippen LogP) is 3.79. The number of rotatable bonds is 6. The van der Waals surface area contributed by atoms with Crippen molar-refractivity contribution in [2.45, 2.75) is 6.61 Å². The van der Waals surface area contributed by atoms with Crippen LogP contribution in [-0.4, -0.2) is 16.8 Å². The first-order valence-electron chi connectivity index (χ1n) is 8.05. The van der Waals surface area contributed by atoms with Crippen LogP contribution in [0.4, 0.5) is 0 Å². The number of nitrogens with two attached hydrogens (primary N) is 1. The molecule has 1 aromatic heterocycles. The molecule has 0 amide bonds. The molecule has 3 aromatic rings. The Balaban J connectivity index is 1.74. The summed E-state index contributed by atoms with van der Waals surface area (Å²) in [7, 11) is 0. The lowest BCUT2D eigenvalue weighted by molar-refractivity contribution is 0.0511. The molecule has 0 aliphatic carbocycles. The number of nitrogens with zero attached hydrogens (tertiary/aromatic N) is 2. The van der Waals surface area contributed by atoms with Crippen LogP contribution in [0.25, 0.3) is 0 Å². The molecule has 0 radical (unpaired) electrons. The molecule has 0 saturated heterocycles. The Hall–Kier alpha value is -3.38. The first kappa shape index (κ1) is 18.4. The van der Waals surface area contributed by atoms with E-state index in [0.717, 1.165) is 5.56 Å². The minimum atomic E-state index is -0.724. The Morgan fingerprint density at radius 2 is 1.81 bits per heavy atom. The number of pyridine rings is 1. The Labute approximate surface area is 161 Å². The van der Waals surface area contributed by atoms with Gasteiger partial charge in [0.25, 0.3) is 0 Å². The molecule has 0 fully saturated rings. The van der Waals surface area contributed by atoms with E-state index < -0.39 is 5.97 Å². The number of carbonyl (C=O) groups excluding carboxylic acids is 1. The summed E-state index contributed by atoms with van der Waals surface area (Å²) in [6.45, 7) is 0.297. The quantitative estimate of drug-likeness (QED) is 0.304. The second-order valence-electron chi connectivity index (χ2n) is 5.51. The first-order chi connectivity index (χ1) is 13.1. The minimum Gasteiger partial charge on any atom is -0.488 e. The fourth-order valence-electron chi connectivity index (χ4n) is 2.24. The molecule has 0 bridgehead atoms. The average molecular weight is 382 g/mol. The lowest BCUT2D eigenvalue weighted by Crippen LogP contribution is -2.15. The van der Waals surface area contributed by atoms with Crippen molar-refractivity contribution in [1.29, 1.82) is 0 Å². The van der Waals surface area contributed by atoms with Crippen molar-refractivity contribution in [3.8, 4) is 5.75 Å². The lowest BCUT2D eigenvalue weighted by Gasteiger charge is -2.10. The van der Waals surface area contributed by atoms with Gasteiger partial charge in [-0.25, -0.2) is 4.79 Å². The van der Waals surface area contributed by atoms with E-state index in [2.05, 4.69) is 10.1 Å². The van der Waals surface area contributed by atoms with E-state index in [0.29, 0.717) is 22.9 Å². The first-order valence-corrected chi connectivity index (χ1v) is 8.43. The van der Waals surface area contributed by atoms with Gasteiger partial charge in [-0.2, -0.15) is 0 Å².